The van der Waals surface area contributed by atoms with Crippen LogP contribution in [0.15, 0.2) is 51.1 Å². The molecule has 0 radical (unpaired) electrons. The zero-order valence-corrected chi connectivity index (χ0v) is 17.7. The van der Waals surface area contributed by atoms with Crippen molar-refractivity contribution in [2.24, 2.45) is 0 Å². The fraction of sp³-hybridized carbons (Fsp3) is 0.182. The number of aromatic nitrogens is 2. The first kappa shape index (κ1) is 19.3. The molecule has 0 aliphatic carbocycles. The lowest BCUT2D eigenvalue weighted by atomic mass is 9.97. The number of carbonyl (C=O) groups excluding carboxylic acids is 1. The Morgan fingerprint density at radius 3 is 2.65 bits per heavy atom. The summed E-state index contributed by atoms with van der Waals surface area (Å²) in [5, 5.41) is 8.71. The summed E-state index contributed by atoms with van der Waals surface area (Å²) in [6, 6.07) is 9.74. The second-order valence-corrected chi connectivity index (χ2v) is 7.89. The number of carbonyl (C=O) groups is 1. The van der Waals surface area contributed by atoms with Gasteiger partial charge in [-0.1, -0.05) is 23.0 Å². The van der Waals surface area contributed by atoms with Gasteiger partial charge in [-0.05, 0) is 37.3 Å². The highest BCUT2D eigenvalue weighted by molar-refractivity contribution is 7.13. The molecule has 1 aliphatic heterocycles. The lowest BCUT2D eigenvalue weighted by Gasteiger charge is -2.24. The fourth-order valence-corrected chi connectivity index (χ4v) is 4.49. The SMILES string of the molecule is COc1ccc(OC)c([C@@H]2c3c(oc4ccc(C)cc4c3=O)C(=O)N2c2nncs2)c1. The summed E-state index contributed by atoms with van der Waals surface area (Å²) in [5.74, 6) is 0.604. The smallest absolute Gasteiger partial charge is 0.297 e. The highest BCUT2D eigenvalue weighted by Crippen LogP contribution is 2.45. The summed E-state index contributed by atoms with van der Waals surface area (Å²) in [7, 11) is 3.08. The Balaban J connectivity index is 1.86. The van der Waals surface area contributed by atoms with Gasteiger partial charge < -0.3 is 13.9 Å². The molecule has 0 fully saturated rings. The Bertz CT molecular complexity index is 1380. The van der Waals surface area contributed by atoms with E-state index in [4.69, 9.17) is 13.9 Å². The number of nitrogens with zero attached hydrogens (tertiary/aromatic N) is 3. The number of ether oxygens (including phenoxy) is 2. The minimum Gasteiger partial charge on any atom is -0.497 e. The van der Waals surface area contributed by atoms with E-state index in [1.807, 2.05) is 13.0 Å². The van der Waals surface area contributed by atoms with Crippen molar-refractivity contribution < 1.29 is 18.7 Å². The first-order valence-corrected chi connectivity index (χ1v) is 10.3. The second-order valence-electron chi connectivity index (χ2n) is 7.08. The molecule has 4 aromatic rings. The van der Waals surface area contributed by atoms with Crippen molar-refractivity contribution in [1.29, 1.82) is 0 Å². The number of benzene rings is 2. The van der Waals surface area contributed by atoms with Gasteiger partial charge >= 0.3 is 0 Å². The molecule has 1 aliphatic rings. The number of rotatable bonds is 4. The van der Waals surface area contributed by atoms with Gasteiger partial charge in [0.2, 0.25) is 10.9 Å². The van der Waals surface area contributed by atoms with E-state index in [0.717, 1.165) is 5.56 Å². The molecule has 9 heteroatoms. The van der Waals surface area contributed by atoms with Crippen LogP contribution in [0.1, 0.15) is 33.3 Å². The summed E-state index contributed by atoms with van der Waals surface area (Å²) < 4.78 is 16.9. The monoisotopic (exact) mass is 435 g/mol. The third kappa shape index (κ3) is 2.89. The standard InChI is InChI=1S/C22H17N3O5S/c1-11-4-6-16-14(8-11)19(26)17-18(13-9-12(28-2)5-7-15(13)29-3)25(21(27)20(17)30-16)22-24-23-10-31-22/h4-10,18H,1-3H3/t18-/m1/s1. The highest BCUT2D eigenvalue weighted by Gasteiger charge is 2.46. The van der Waals surface area contributed by atoms with Crippen molar-refractivity contribution in [3.63, 3.8) is 0 Å². The fourth-order valence-electron chi connectivity index (χ4n) is 3.90. The maximum atomic E-state index is 13.6. The zero-order chi connectivity index (χ0) is 21.7. The van der Waals surface area contributed by atoms with E-state index in [9.17, 15) is 9.59 Å². The van der Waals surface area contributed by atoms with Crippen molar-refractivity contribution in [2.75, 3.05) is 19.1 Å². The Kier molecular flexibility index (Phi) is 4.48. The molecule has 1 amide bonds. The number of hydrogen-bond donors (Lipinski definition) is 0. The number of methoxy groups -OCH3 is 2. The molecule has 2 aromatic carbocycles. The lowest BCUT2D eigenvalue weighted by Crippen LogP contribution is -2.29. The van der Waals surface area contributed by atoms with E-state index in [2.05, 4.69) is 10.2 Å². The van der Waals surface area contributed by atoms with E-state index >= 15 is 0 Å². The number of hydrogen-bond acceptors (Lipinski definition) is 8. The molecule has 0 saturated heterocycles. The van der Waals surface area contributed by atoms with Crippen LogP contribution in [-0.2, 0) is 0 Å². The van der Waals surface area contributed by atoms with Crippen LogP contribution in [0, 0.1) is 6.92 Å². The molecule has 0 N–H and O–H groups in total. The van der Waals surface area contributed by atoms with Crippen molar-refractivity contribution in [3.8, 4) is 11.5 Å². The maximum absolute atomic E-state index is 13.6. The first-order valence-electron chi connectivity index (χ1n) is 9.42. The van der Waals surface area contributed by atoms with Crippen LogP contribution in [0.25, 0.3) is 11.0 Å². The van der Waals surface area contributed by atoms with Crippen LogP contribution in [0.2, 0.25) is 0 Å². The summed E-state index contributed by atoms with van der Waals surface area (Å²) in [6.45, 7) is 1.90. The molecule has 156 valence electrons. The first-order chi connectivity index (χ1) is 15.0. The largest absolute Gasteiger partial charge is 0.497 e. The van der Waals surface area contributed by atoms with Crippen LogP contribution in [0.4, 0.5) is 5.13 Å². The van der Waals surface area contributed by atoms with Crippen LogP contribution in [-0.4, -0.2) is 30.3 Å². The average molecular weight is 435 g/mol. The Hall–Kier alpha value is -3.72. The topological polar surface area (TPSA) is 94.8 Å². The molecular formula is C22H17N3O5S. The molecule has 31 heavy (non-hydrogen) atoms. The molecular weight excluding hydrogens is 418 g/mol. The molecule has 2 aromatic heterocycles. The lowest BCUT2D eigenvalue weighted by molar-refractivity contribution is 0.0970. The van der Waals surface area contributed by atoms with Gasteiger partial charge in [0, 0.05) is 5.56 Å². The number of anilines is 1. The van der Waals surface area contributed by atoms with Crippen molar-refractivity contribution in [2.45, 2.75) is 13.0 Å². The Morgan fingerprint density at radius 1 is 1.10 bits per heavy atom. The minimum absolute atomic E-state index is 0.00794. The second kappa shape index (κ2) is 7.21. The van der Waals surface area contributed by atoms with E-state index in [-0.39, 0.29) is 16.8 Å². The van der Waals surface area contributed by atoms with Crippen LogP contribution >= 0.6 is 11.3 Å². The summed E-state index contributed by atoms with van der Waals surface area (Å²) in [6.07, 6.45) is 0. The predicted molar refractivity (Wildman–Crippen MR) is 115 cm³/mol. The van der Waals surface area contributed by atoms with E-state index in [0.29, 0.717) is 33.2 Å². The molecule has 0 spiro atoms. The number of amides is 1. The van der Waals surface area contributed by atoms with Gasteiger partial charge in [0.05, 0.1) is 25.2 Å². The molecule has 0 unspecified atom stereocenters. The normalized spacial score (nSPS) is 15.4. The van der Waals surface area contributed by atoms with Crippen LogP contribution < -0.4 is 19.8 Å². The van der Waals surface area contributed by atoms with Crippen molar-refractivity contribution in [3.05, 3.63) is 74.6 Å². The molecule has 3 heterocycles. The molecule has 0 bridgehead atoms. The molecule has 0 saturated carbocycles. The van der Waals surface area contributed by atoms with Crippen LogP contribution in [0.5, 0.6) is 11.5 Å². The third-order valence-corrected chi connectivity index (χ3v) is 6.00. The maximum Gasteiger partial charge on any atom is 0.297 e. The van der Waals surface area contributed by atoms with E-state index < -0.39 is 11.9 Å². The van der Waals surface area contributed by atoms with Gasteiger partial charge in [-0.3, -0.25) is 14.5 Å². The highest BCUT2D eigenvalue weighted by atomic mass is 32.1. The number of aryl methyl sites for hydroxylation is 1. The summed E-state index contributed by atoms with van der Waals surface area (Å²) in [5.41, 5.74) is 3.36. The van der Waals surface area contributed by atoms with Gasteiger partial charge in [-0.15, -0.1) is 10.2 Å². The predicted octanol–water partition coefficient (Wildman–Crippen LogP) is 3.72. The molecule has 1 atom stereocenters. The van der Waals surface area contributed by atoms with E-state index in [1.165, 1.54) is 28.9 Å². The summed E-state index contributed by atoms with van der Waals surface area (Å²) >= 11 is 1.20. The molecule has 8 nitrogen and oxygen atoms in total. The molecule has 5 rings (SSSR count). The average Bonchev–Trinajstić information content (AvgIpc) is 3.40. The van der Waals surface area contributed by atoms with Gasteiger partial charge in [-0.25, -0.2) is 0 Å². The van der Waals surface area contributed by atoms with Gasteiger partial charge in [0.25, 0.3) is 5.91 Å². The third-order valence-electron chi connectivity index (χ3n) is 5.31. The Labute approximate surface area is 180 Å². The number of fused-ring (bicyclic) bond motifs is 2. The van der Waals surface area contributed by atoms with Gasteiger partial charge in [-0.2, -0.15) is 0 Å². The summed E-state index contributed by atoms with van der Waals surface area (Å²) in [4.78, 5) is 28.5. The van der Waals surface area contributed by atoms with Crippen molar-refractivity contribution >= 4 is 33.3 Å². The Morgan fingerprint density at radius 2 is 1.94 bits per heavy atom. The minimum atomic E-state index is -0.804. The van der Waals surface area contributed by atoms with Crippen LogP contribution in [0.3, 0.4) is 0 Å². The van der Waals surface area contributed by atoms with Crippen molar-refractivity contribution in [1.82, 2.24) is 10.2 Å². The zero-order valence-electron chi connectivity index (χ0n) is 16.9. The van der Waals surface area contributed by atoms with E-state index in [1.54, 1.807) is 37.4 Å². The van der Waals surface area contributed by atoms with Gasteiger partial charge in [0.15, 0.2) is 5.43 Å². The van der Waals surface area contributed by atoms with Gasteiger partial charge in [0.1, 0.15) is 28.6 Å². The quantitative estimate of drug-likeness (QED) is 0.482.